The summed E-state index contributed by atoms with van der Waals surface area (Å²) in [5, 5.41) is 5.33. The molecule has 1 aromatic carbocycles. The summed E-state index contributed by atoms with van der Waals surface area (Å²) in [5.41, 5.74) is -4.06. The van der Waals surface area contributed by atoms with E-state index in [1.54, 1.807) is 6.08 Å². The minimum absolute atomic E-state index is 0.0535. The second-order valence-corrected chi connectivity index (χ2v) is 11.6. The summed E-state index contributed by atoms with van der Waals surface area (Å²) in [5.74, 6) is -0.555. The third-order valence-electron chi connectivity index (χ3n) is 9.91. The Hall–Kier alpha value is -2.52. The van der Waals surface area contributed by atoms with Gasteiger partial charge in [0.1, 0.15) is 0 Å². The SMILES string of the molecule is C[C@]12CCC3C(CC[C@H]4NC(=O)C=C[C@]34C)C1CC[C@@H]2C(=O)Nc1cc(C(F)(F)F)ccc1C(F)(F)F. The average molecular weight is 529 g/mol. The lowest BCUT2D eigenvalue weighted by Gasteiger charge is -2.58. The smallest absolute Gasteiger partial charge is 0.349 e. The first kappa shape index (κ1) is 26.1. The molecule has 3 aliphatic carbocycles. The second-order valence-electron chi connectivity index (χ2n) is 11.6. The highest BCUT2D eigenvalue weighted by Gasteiger charge is 2.61. The van der Waals surface area contributed by atoms with Gasteiger partial charge in [-0.15, -0.1) is 0 Å². The zero-order valence-corrected chi connectivity index (χ0v) is 20.6. The molecule has 7 atom stereocenters. The van der Waals surface area contributed by atoms with Crippen LogP contribution in [-0.4, -0.2) is 17.9 Å². The van der Waals surface area contributed by atoms with Crippen LogP contribution in [0, 0.1) is 34.5 Å². The van der Waals surface area contributed by atoms with E-state index in [0.29, 0.717) is 42.9 Å². The first-order valence-corrected chi connectivity index (χ1v) is 12.7. The van der Waals surface area contributed by atoms with E-state index in [1.165, 1.54) is 0 Å². The number of halogens is 6. The quantitative estimate of drug-likeness (QED) is 0.427. The summed E-state index contributed by atoms with van der Waals surface area (Å²) < 4.78 is 80.4. The van der Waals surface area contributed by atoms with Crippen molar-refractivity contribution in [2.24, 2.45) is 34.5 Å². The molecule has 3 fully saturated rings. The van der Waals surface area contributed by atoms with Gasteiger partial charge < -0.3 is 10.6 Å². The van der Waals surface area contributed by atoms with Gasteiger partial charge in [0.2, 0.25) is 11.8 Å². The fraction of sp³-hybridized carbons (Fsp3) is 0.630. The van der Waals surface area contributed by atoms with E-state index in [9.17, 15) is 35.9 Å². The Morgan fingerprint density at radius 3 is 2.38 bits per heavy atom. The first-order chi connectivity index (χ1) is 17.1. The number of alkyl halides is 6. The summed E-state index contributed by atoms with van der Waals surface area (Å²) in [7, 11) is 0. The minimum Gasteiger partial charge on any atom is -0.349 e. The molecular formula is C27H30F6N2O2. The fourth-order valence-corrected chi connectivity index (χ4v) is 8.06. The van der Waals surface area contributed by atoms with Gasteiger partial charge in [0.25, 0.3) is 0 Å². The Morgan fingerprint density at radius 2 is 1.70 bits per heavy atom. The lowest BCUT2D eigenvalue weighted by molar-refractivity contribution is -0.141. The van der Waals surface area contributed by atoms with Crippen LogP contribution in [0.5, 0.6) is 0 Å². The number of fused-ring (bicyclic) bond motifs is 5. The molecule has 1 aliphatic heterocycles. The van der Waals surface area contributed by atoms with Crippen LogP contribution in [-0.2, 0) is 21.9 Å². The number of rotatable bonds is 2. The van der Waals surface area contributed by atoms with Crippen molar-refractivity contribution in [1.82, 2.24) is 5.32 Å². The van der Waals surface area contributed by atoms with Gasteiger partial charge in [-0.1, -0.05) is 19.9 Å². The van der Waals surface area contributed by atoms with E-state index in [0.717, 1.165) is 25.7 Å². The van der Waals surface area contributed by atoms with Crippen molar-refractivity contribution in [3.8, 4) is 0 Å². The molecule has 0 saturated heterocycles. The predicted octanol–water partition coefficient (Wildman–Crippen LogP) is 6.58. The van der Waals surface area contributed by atoms with Crippen LogP contribution in [0.1, 0.15) is 63.5 Å². The Kier molecular flexibility index (Phi) is 5.99. The van der Waals surface area contributed by atoms with Gasteiger partial charge in [0.15, 0.2) is 0 Å². The monoisotopic (exact) mass is 528 g/mol. The number of hydrogen-bond acceptors (Lipinski definition) is 2. The third kappa shape index (κ3) is 4.24. The largest absolute Gasteiger partial charge is 0.418 e. The fourth-order valence-electron chi connectivity index (χ4n) is 8.06. The second kappa shape index (κ2) is 8.50. The molecule has 3 saturated carbocycles. The molecule has 4 nitrogen and oxygen atoms in total. The van der Waals surface area contributed by atoms with Crippen molar-refractivity contribution in [3.05, 3.63) is 41.5 Å². The molecule has 10 heteroatoms. The molecule has 2 amide bonds. The average Bonchev–Trinajstić information content (AvgIpc) is 3.15. The number of benzene rings is 1. The van der Waals surface area contributed by atoms with Crippen LogP contribution < -0.4 is 10.6 Å². The van der Waals surface area contributed by atoms with E-state index < -0.39 is 46.4 Å². The Balaban J connectivity index is 1.40. The number of hydrogen-bond donors (Lipinski definition) is 2. The number of amides is 2. The van der Waals surface area contributed by atoms with Crippen molar-refractivity contribution >= 4 is 17.5 Å². The standard InChI is InChI=1S/C27H30F6N2O2/c1-24-11-9-17-15(4-8-21-25(17,2)12-10-22(36)35-21)16(24)6-7-19(24)23(37)34-20-13-14(26(28,29)30)3-5-18(20)27(31,32)33/h3,5,10,12-13,15-17,19,21H,4,6-9,11H2,1-2H3,(H,34,37)(H,35,36)/t15?,16?,17?,19-,21-,24+,25-/m1/s1. The summed E-state index contributed by atoms with van der Waals surface area (Å²) in [6.07, 6.45) is -1.73. The van der Waals surface area contributed by atoms with E-state index in [2.05, 4.69) is 17.6 Å². The van der Waals surface area contributed by atoms with Crippen LogP contribution in [0.3, 0.4) is 0 Å². The lowest BCUT2D eigenvalue weighted by atomic mass is 9.48. The summed E-state index contributed by atoms with van der Waals surface area (Å²) in [6.45, 7) is 4.17. The molecular weight excluding hydrogens is 498 g/mol. The van der Waals surface area contributed by atoms with Gasteiger partial charge in [0.05, 0.1) is 16.8 Å². The van der Waals surface area contributed by atoms with Crippen LogP contribution in [0.4, 0.5) is 32.0 Å². The van der Waals surface area contributed by atoms with Crippen molar-refractivity contribution in [2.75, 3.05) is 5.32 Å². The highest BCUT2D eigenvalue weighted by Crippen LogP contribution is 2.65. The lowest BCUT2D eigenvalue weighted by Crippen LogP contribution is -2.59. The molecule has 2 N–H and O–H groups in total. The summed E-state index contributed by atoms with van der Waals surface area (Å²) in [6, 6.07) is 1.18. The molecule has 1 heterocycles. The van der Waals surface area contributed by atoms with Gasteiger partial charge in [-0.25, -0.2) is 0 Å². The number of carbonyl (C=O) groups is 2. The zero-order valence-electron chi connectivity index (χ0n) is 20.6. The molecule has 4 aliphatic rings. The predicted molar refractivity (Wildman–Crippen MR) is 124 cm³/mol. The van der Waals surface area contributed by atoms with Crippen LogP contribution in [0.15, 0.2) is 30.4 Å². The van der Waals surface area contributed by atoms with Crippen molar-refractivity contribution < 1.29 is 35.9 Å². The van der Waals surface area contributed by atoms with Crippen LogP contribution >= 0.6 is 0 Å². The summed E-state index contributed by atoms with van der Waals surface area (Å²) >= 11 is 0. The molecule has 0 spiro atoms. The highest BCUT2D eigenvalue weighted by molar-refractivity contribution is 5.94. The van der Waals surface area contributed by atoms with Crippen LogP contribution in [0.2, 0.25) is 0 Å². The van der Waals surface area contributed by atoms with Gasteiger partial charge in [-0.3, -0.25) is 9.59 Å². The van der Waals surface area contributed by atoms with Crippen LogP contribution in [0.25, 0.3) is 0 Å². The molecule has 37 heavy (non-hydrogen) atoms. The Bertz CT molecular complexity index is 1140. The maximum atomic E-state index is 13.6. The Morgan fingerprint density at radius 1 is 0.973 bits per heavy atom. The molecule has 3 unspecified atom stereocenters. The molecule has 202 valence electrons. The highest BCUT2D eigenvalue weighted by atomic mass is 19.4. The van der Waals surface area contributed by atoms with Crippen molar-refractivity contribution in [1.29, 1.82) is 0 Å². The van der Waals surface area contributed by atoms with Gasteiger partial charge >= 0.3 is 12.4 Å². The first-order valence-electron chi connectivity index (χ1n) is 12.7. The number of carbonyl (C=O) groups excluding carboxylic acids is 2. The van der Waals surface area contributed by atoms with Gasteiger partial charge in [-0.05, 0) is 86.0 Å². The van der Waals surface area contributed by atoms with E-state index in [1.807, 2.05) is 13.0 Å². The van der Waals surface area contributed by atoms with E-state index in [-0.39, 0.29) is 23.3 Å². The van der Waals surface area contributed by atoms with E-state index >= 15 is 0 Å². The summed E-state index contributed by atoms with van der Waals surface area (Å²) in [4.78, 5) is 25.3. The third-order valence-corrected chi connectivity index (χ3v) is 9.91. The van der Waals surface area contributed by atoms with Crippen molar-refractivity contribution in [2.45, 2.75) is 70.8 Å². The normalized spacial score (nSPS) is 37.3. The topological polar surface area (TPSA) is 58.2 Å². The molecule has 5 rings (SSSR count). The molecule has 0 aromatic heterocycles. The minimum atomic E-state index is -4.91. The number of nitrogens with one attached hydrogen (secondary N) is 2. The molecule has 0 radical (unpaired) electrons. The zero-order chi connectivity index (χ0) is 27.0. The van der Waals surface area contributed by atoms with Gasteiger partial charge in [0, 0.05) is 17.4 Å². The maximum Gasteiger partial charge on any atom is 0.418 e. The Labute approximate surface area is 211 Å². The molecule has 1 aromatic rings. The number of anilines is 1. The maximum absolute atomic E-state index is 13.6. The van der Waals surface area contributed by atoms with Gasteiger partial charge in [-0.2, -0.15) is 26.3 Å². The van der Waals surface area contributed by atoms with E-state index in [4.69, 9.17) is 0 Å². The molecule has 0 bridgehead atoms. The van der Waals surface area contributed by atoms with Crippen molar-refractivity contribution in [3.63, 3.8) is 0 Å².